The summed E-state index contributed by atoms with van der Waals surface area (Å²) in [5.74, 6) is 2.03. The highest BCUT2D eigenvalue weighted by Gasteiger charge is 2.18. The Morgan fingerprint density at radius 3 is 2.25 bits per heavy atom. The summed E-state index contributed by atoms with van der Waals surface area (Å²) in [6, 6.07) is 19.2. The van der Waals surface area contributed by atoms with E-state index in [-0.39, 0.29) is 0 Å². The summed E-state index contributed by atoms with van der Waals surface area (Å²) in [6.07, 6.45) is 1.62. The zero-order chi connectivity index (χ0) is 16.5. The smallest absolute Gasteiger partial charge is 0.204 e. The standard InChI is InChI=1S/C18H11BrClN3O/c19-13-5-9-15(10-6-13)23-17(12-3-7-14(20)8-4-12)21-22-18(23)16-2-1-11-24-16/h1-11H. The van der Waals surface area contributed by atoms with Gasteiger partial charge in [0.05, 0.1) is 6.26 Å². The van der Waals surface area contributed by atoms with Gasteiger partial charge in [-0.05, 0) is 60.7 Å². The van der Waals surface area contributed by atoms with Crippen LogP contribution in [-0.2, 0) is 0 Å². The molecular formula is C18H11BrClN3O. The van der Waals surface area contributed by atoms with E-state index >= 15 is 0 Å². The Morgan fingerprint density at radius 2 is 1.58 bits per heavy atom. The molecule has 24 heavy (non-hydrogen) atoms. The van der Waals surface area contributed by atoms with Crippen molar-refractivity contribution < 1.29 is 4.42 Å². The summed E-state index contributed by atoms with van der Waals surface area (Å²) in [5, 5.41) is 9.38. The third kappa shape index (κ3) is 2.77. The molecule has 0 atom stereocenters. The van der Waals surface area contributed by atoms with Crippen LogP contribution in [0.15, 0.2) is 75.8 Å². The molecule has 0 amide bonds. The molecule has 0 N–H and O–H groups in total. The highest BCUT2D eigenvalue weighted by Crippen LogP contribution is 2.29. The van der Waals surface area contributed by atoms with Crippen molar-refractivity contribution in [1.29, 1.82) is 0 Å². The van der Waals surface area contributed by atoms with Gasteiger partial charge in [0.1, 0.15) is 0 Å². The molecule has 2 heterocycles. The molecule has 4 aromatic rings. The van der Waals surface area contributed by atoms with E-state index in [1.54, 1.807) is 6.26 Å². The van der Waals surface area contributed by atoms with Crippen LogP contribution in [0.25, 0.3) is 28.7 Å². The third-order valence-electron chi connectivity index (χ3n) is 3.59. The van der Waals surface area contributed by atoms with Crippen LogP contribution in [0.5, 0.6) is 0 Å². The average Bonchev–Trinajstić information content (AvgIpc) is 3.25. The first-order chi connectivity index (χ1) is 11.7. The lowest BCUT2D eigenvalue weighted by atomic mass is 10.2. The monoisotopic (exact) mass is 399 g/mol. The Morgan fingerprint density at radius 1 is 0.875 bits per heavy atom. The maximum atomic E-state index is 6.00. The summed E-state index contributed by atoms with van der Waals surface area (Å²) in [5.41, 5.74) is 1.87. The number of aromatic nitrogens is 3. The van der Waals surface area contributed by atoms with Crippen molar-refractivity contribution in [1.82, 2.24) is 14.8 Å². The van der Waals surface area contributed by atoms with Gasteiger partial charge in [0.25, 0.3) is 0 Å². The fourth-order valence-electron chi connectivity index (χ4n) is 2.47. The predicted molar refractivity (Wildman–Crippen MR) is 97.2 cm³/mol. The van der Waals surface area contributed by atoms with Gasteiger partial charge >= 0.3 is 0 Å². The largest absolute Gasteiger partial charge is 0.461 e. The van der Waals surface area contributed by atoms with Crippen LogP contribution >= 0.6 is 27.5 Å². The first-order valence-corrected chi connectivity index (χ1v) is 8.40. The second-order valence-electron chi connectivity index (χ2n) is 5.14. The Bertz CT molecular complexity index is 961. The maximum Gasteiger partial charge on any atom is 0.204 e. The van der Waals surface area contributed by atoms with E-state index in [1.165, 1.54) is 0 Å². The van der Waals surface area contributed by atoms with Crippen LogP contribution in [0.2, 0.25) is 5.02 Å². The minimum atomic E-state index is 0.646. The molecule has 0 unspecified atom stereocenters. The molecule has 0 aliphatic heterocycles. The predicted octanol–water partition coefficient (Wildman–Crippen LogP) is 5.61. The molecule has 0 bridgehead atoms. The van der Waals surface area contributed by atoms with E-state index < -0.39 is 0 Å². The van der Waals surface area contributed by atoms with Crippen molar-refractivity contribution in [3.63, 3.8) is 0 Å². The lowest BCUT2D eigenvalue weighted by molar-refractivity contribution is 0.575. The number of benzene rings is 2. The number of furan rings is 1. The van der Waals surface area contributed by atoms with Crippen molar-refractivity contribution in [3.05, 3.63) is 76.4 Å². The number of halogens is 2. The van der Waals surface area contributed by atoms with Crippen molar-refractivity contribution >= 4 is 27.5 Å². The molecular weight excluding hydrogens is 390 g/mol. The number of rotatable bonds is 3. The molecule has 0 radical (unpaired) electrons. The number of nitrogens with zero attached hydrogens (tertiary/aromatic N) is 3. The van der Waals surface area contributed by atoms with Gasteiger partial charge in [-0.2, -0.15) is 0 Å². The Balaban J connectivity index is 1.94. The van der Waals surface area contributed by atoms with Crippen LogP contribution in [0.1, 0.15) is 0 Å². The van der Waals surface area contributed by atoms with E-state index in [4.69, 9.17) is 16.0 Å². The summed E-state index contributed by atoms with van der Waals surface area (Å²) >= 11 is 9.46. The quantitative estimate of drug-likeness (QED) is 0.449. The van der Waals surface area contributed by atoms with Gasteiger partial charge in [-0.1, -0.05) is 27.5 Å². The van der Waals surface area contributed by atoms with Gasteiger partial charge in [0.15, 0.2) is 11.6 Å². The maximum absolute atomic E-state index is 6.00. The van der Waals surface area contributed by atoms with Crippen LogP contribution in [0, 0.1) is 0 Å². The molecule has 4 nitrogen and oxygen atoms in total. The summed E-state index contributed by atoms with van der Waals surface area (Å²) in [4.78, 5) is 0. The topological polar surface area (TPSA) is 43.9 Å². The second-order valence-corrected chi connectivity index (χ2v) is 6.50. The lowest BCUT2D eigenvalue weighted by Crippen LogP contribution is -1.99. The molecule has 0 saturated heterocycles. The Labute approximate surface area is 151 Å². The van der Waals surface area contributed by atoms with Crippen LogP contribution in [0.4, 0.5) is 0 Å². The first-order valence-electron chi connectivity index (χ1n) is 7.23. The summed E-state index contributed by atoms with van der Waals surface area (Å²) < 4.78 is 8.49. The molecule has 4 rings (SSSR count). The molecule has 118 valence electrons. The molecule has 0 fully saturated rings. The molecule has 0 spiro atoms. The normalized spacial score (nSPS) is 10.9. The fraction of sp³-hybridized carbons (Fsp3) is 0. The average molecular weight is 401 g/mol. The zero-order valence-electron chi connectivity index (χ0n) is 12.4. The molecule has 0 aliphatic rings. The molecule has 2 aromatic heterocycles. The van der Waals surface area contributed by atoms with Crippen molar-refractivity contribution in [3.8, 4) is 28.7 Å². The highest BCUT2D eigenvalue weighted by molar-refractivity contribution is 9.10. The van der Waals surface area contributed by atoms with E-state index in [0.717, 1.165) is 21.5 Å². The van der Waals surface area contributed by atoms with E-state index in [0.29, 0.717) is 16.6 Å². The van der Waals surface area contributed by atoms with Gasteiger partial charge < -0.3 is 4.42 Å². The van der Waals surface area contributed by atoms with Gasteiger partial charge in [0, 0.05) is 20.7 Å². The van der Waals surface area contributed by atoms with E-state index in [9.17, 15) is 0 Å². The first kappa shape index (κ1) is 15.2. The van der Waals surface area contributed by atoms with Gasteiger partial charge in [-0.3, -0.25) is 4.57 Å². The highest BCUT2D eigenvalue weighted by atomic mass is 79.9. The van der Waals surface area contributed by atoms with Crippen molar-refractivity contribution in [2.24, 2.45) is 0 Å². The minimum Gasteiger partial charge on any atom is -0.461 e. The summed E-state index contributed by atoms with van der Waals surface area (Å²) in [7, 11) is 0. The van der Waals surface area contributed by atoms with Gasteiger partial charge in [-0.15, -0.1) is 10.2 Å². The van der Waals surface area contributed by atoms with Crippen molar-refractivity contribution in [2.45, 2.75) is 0 Å². The molecule has 0 aliphatic carbocycles. The van der Waals surface area contributed by atoms with Gasteiger partial charge in [0.2, 0.25) is 5.82 Å². The van der Waals surface area contributed by atoms with Gasteiger partial charge in [-0.25, -0.2) is 0 Å². The van der Waals surface area contributed by atoms with Crippen LogP contribution < -0.4 is 0 Å². The Kier molecular flexibility index (Phi) is 3.96. The van der Waals surface area contributed by atoms with E-state index in [2.05, 4.69) is 26.1 Å². The van der Waals surface area contributed by atoms with Crippen molar-refractivity contribution in [2.75, 3.05) is 0 Å². The number of hydrogen-bond donors (Lipinski definition) is 0. The fourth-order valence-corrected chi connectivity index (χ4v) is 2.86. The minimum absolute atomic E-state index is 0.646. The molecule has 6 heteroatoms. The second kappa shape index (κ2) is 6.26. The Hall–Kier alpha value is -2.37. The molecule has 2 aromatic carbocycles. The van der Waals surface area contributed by atoms with Crippen LogP contribution in [0.3, 0.4) is 0 Å². The van der Waals surface area contributed by atoms with E-state index in [1.807, 2.05) is 65.2 Å². The molecule has 0 saturated carbocycles. The number of hydrogen-bond acceptors (Lipinski definition) is 3. The zero-order valence-corrected chi connectivity index (χ0v) is 14.7. The van der Waals surface area contributed by atoms with Crippen LogP contribution in [-0.4, -0.2) is 14.8 Å². The lowest BCUT2D eigenvalue weighted by Gasteiger charge is -2.10. The summed E-state index contributed by atoms with van der Waals surface area (Å²) in [6.45, 7) is 0. The SMILES string of the molecule is Clc1ccc(-c2nnc(-c3ccco3)n2-c2ccc(Br)cc2)cc1. The third-order valence-corrected chi connectivity index (χ3v) is 4.37.